The van der Waals surface area contributed by atoms with Crippen LogP contribution < -0.4 is 0 Å². The Morgan fingerprint density at radius 2 is 2.00 bits per heavy atom. The quantitative estimate of drug-likeness (QED) is 0.280. The van der Waals surface area contributed by atoms with E-state index in [0.717, 1.165) is 18.4 Å². The van der Waals surface area contributed by atoms with Crippen LogP contribution in [0.2, 0.25) is 0 Å². The Hall–Kier alpha value is -1.83. The minimum atomic E-state index is -0.311. The van der Waals surface area contributed by atoms with Crippen molar-refractivity contribution in [2.45, 2.75) is 45.1 Å². The third-order valence-corrected chi connectivity index (χ3v) is 3.08. The molecule has 0 bridgehead atoms. The molecule has 2 heteroatoms. The van der Waals surface area contributed by atoms with Crippen LogP contribution in [0.3, 0.4) is 0 Å². The van der Waals surface area contributed by atoms with Crippen LogP contribution in [0.5, 0.6) is 0 Å². The standard InChI is InChI=1S/C18H24O2/c1-3-5-6-10-13-17(4-2)20-18(19)15-14-16-11-8-7-9-12-16/h4,7-9,11-12,14-15,17H,2-3,5-6,10,13H2,1H3/b15-14+. The van der Waals surface area contributed by atoms with E-state index in [1.165, 1.54) is 25.3 Å². The van der Waals surface area contributed by atoms with Gasteiger partial charge >= 0.3 is 5.97 Å². The summed E-state index contributed by atoms with van der Waals surface area (Å²) < 4.78 is 5.36. The summed E-state index contributed by atoms with van der Waals surface area (Å²) in [6.07, 6.45) is 10.3. The number of unbranched alkanes of at least 4 members (excludes halogenated alkanes) is 3. The summed E-state index contributed by atoms with van der Waals surface area (Å²) in [6, 6.07) is 9.70. The molecule has 0 radical (unpaired) electrons. The second-order valence-electron chi connectivity index (χ2n) is 4.80. The lowest BCUT2D eigenvalue weighted by Crippen LogP contribution is -2.14. The van der Waals surface area contributed by atoms with Crippen molar-refractivity contribution < 1.29 is 9.53 Å². The minimum absolute atomic E-state index is 0.181. The molecule has 1 aromatic carbocycles. The molecule has 0 saturated heterocycles. The fourth-order valence-corrected chi connectivity index (χ4v) is 1.91. The molecule has 108 valence electrons. The lowest BCUT2D eigenvalue weighted by Gasteiger charge is -2.12. The third-order valence-electron chi connectivity index (χ3n) is 3.08. The van der Waals surface area contributed by atoms with Crippen molar-refractivity contribution in [2.24, 2.45) is 0 Å². The van der Waals surface area contributed by atoms with Gasteiger partial charge in [-0.2, -0.15) is 0 Å². The molecule has 1 unspecified atom stereocenters. The first-order valence-electron chi connectivity index (χ1n) is 7.32. The number of hydrogen-bond donors (Lipinski definition) is 0. The Labute approximate surface area is 122 Å². The summed E-state index contributed by atoms with van der Waals surface area (Å²) in [7, 11) is 0. The molecule has 0 spiro atoms. The van der Waals surface area contributed by atoms with E-state index in [0.29, 0.717) is 0 Å². The van der Waals surface area contributed by atoms with Crippen LogP contribution in [-0.2, 0) is 9.53 Å². The molecular weight excluding hydrogens is 248 g/mol. The van der Waals surface area contributed by atoms with Crippen LogP contribution in [0.4, 0.5) is 0 Å². The van der Waals surface area contributed by atoms with Gasteiger partial charge in [0.05, 0.1) is 0 Å². The highest BCUT2D eigenvalue weighted by Crippen LogP contribution is 2.10. The van der Waals surface area contributed by atoms with Gasteiger partial charge < -0.3 is 4.74 Å². The summed E-state index contributed by atoms with van der Waals surface area (Å²) in [5, 5.41) is 0. The Morgan fingerprint density at radius 1 is 1.25 bits per heavy atom. The maximum Gasteiger partial charge on any atom is 0.331 e. The number of ether oxygens (including phenoxy) is 1. The van der Waals surface area contributed by atoms with Gasteiger partial charge in [0.2, 0.25) is 0 Å². The fraction of sp³-hybridized carbons (Fsp3) is 0.389. The monoisotopic (exact) mass is 272 g/mol. The average molecular weight is 272 g/mol. The number of carbonyl (C=O) groups is 1. The van der Waals surface area contributed by atoms with Gasteiger partial charge in [-0.1, -0.05) is 69.2 Å². The number of rotatable bonds is 9. The first-order valence-corrected chi connectivity index (χ1v) is 7.32. The number of hydrogen-bond acceptors (Lipinski definition) is 2. The van der Waals surface area contributed by atoms with E-state index >= 15 is 0 Å². The highest BCUT2D eigenvalue weighted by atomic mass is 16.5. The summed E-state index contributed by atoms with van der Waals surface area (Å²) in [5.41, 5.74) is 0.988. The highest BCUT2D eigenvalue weighted by molar-refractivity contribution is 5.87. The van der Waals surface area contributed by atoms with Crippen LogP contribution >= 0.6 is 0 Å². The summed E-state index contributed by atoms with van der Waals surface area (Å²) in [5.74, 6) is -0.311. The van der Waals surface area contributed by atoms with Gasteiger partial charge in [-0.05, 0) is 24.5 Å². The van der Waals surface area contributed by atoms with Gasteiger partial charge in [0.1, 0.15) is 6.10 Å². The van der Waals surface area contributed by atoms with Crippen molar-refractivity contribution in [3.63, 3.8) is 0 Å². The first-order chi connectivity index (χ1) is 9.76. The van der Waals surface area contributed by atoms with E-state index in [1.807, 2.05) is 30.3 Å². The second-order valence-corrected chi connectivity index (χ2v) is 4.80. The molecule has 0 aromatic heterocycles. The topological polar surface area (TPSA) is 26.3 Å². The van der Waals surface area contributed by atoms with Crippen molar-refractivity contribution in [3.8, 4) is 0 Å². The Morgan fingerprint density at radius 3 is 2.65 bits per heavy atom. The van der Waals surface area contributed by atoms with Gasteiger partial charge in [-0.3, -0.25) is 0 Å². The van der Waals surface area contributed by atoms with Gasteiger partial charge in [0.15, 0.2) is 0 Å². The largest absolute Gasteiger partial charge is 0.455 e. The SMILES string of the molecule is C=CC(CCCCCC)OC(=O)/C=C/c1ccccc1. The fourth-order valence-electron chi connectivity index (χ4n) is 1.91. The van der Waals surface area contributed by atoms with Crippen LogP contribution in [-0.4, -0.2) is 12.1 Å². The molecule has 2 nitrogen and oxygen atoms in total. The van der Waals surface area contributed by atoms with Crippen LogP contribution in [0.1, 0.15) is 44.6 Å². The van der Waals surface area contributed by atoms with E-state index in [2.05, 4.69) is 13.5 Å². The van der Waals surface area contributed by atoms with Crippen LogP contribution in [0.25, 0.3) is 6.08 Å². The molecular formula is C18H24O2. The van der Waals surface area contributed by atoms with Crippen molar-refractivity contribution in [1.29, 1.82) is 0 Å². The van der Waals surface area contributed by atoms with Gasteiger partial charge in [-0.25, -0.2) is 4.79 Å². The van der Waals surface area contributed by atoms with E-state index in [-0.39, 0.29) is 12.1 Å². The number of benzene rings is 1. The average Bonchev–Trinajstić information content (AvgIpc) is 2.49. The zero-order chi connectivity index (χ0) is 14.6. The zero-order valence-electron chi connectivity index (χ0n) is 12.3. The predicted molar refractivity (Wildman–Crippen MR) is 84.3 cm³/mol. The van der Waals surface area contributed by atoms with Gasteiger partial charge in [0, 0.05) is 6.08 Å². The smallest absolute Gasteiger partial charge is 0.331 e. The highest BCUT2D eigenvalue weighted by Gasteiger charge is 2.08. The predicted octanol–water partition coefficient (Wildman–Crippen LogP) is 4.77. The van der Waals surface area contributed by atoms with Crippen LogP contribution in [0, 0.1) is 0 Å². The Bertz CT molecular complexity index is 420. The van der Waals surface area contributed by atoms with Crippen molar-refractivity contribution in [1.82, 2.24) is 0 Å². The van der Waals surface area contributed by atoms with E-state index < -0.39 is 0 Å². The van der Waals surface area contributed by atoms with E-state index in [4.69, 9.17) is 4.74 Å². The van der Waals surface area contributed by atoms with Crippen molar-refractivity contribution in [2.75, 3.05) is 0 Å². The molecule has 0 aliphatic carbocycles. The Balaban J connectivity index is 2.35. The third kappa shape index (κ3) is 6.93. The maximum absolute atomic E-state index is 11.7. The summed E-state index contributed by atoms with van der Waals surface area (Å²) in [6.45, 7) is 5.91. The molecule has 0 heterocycles. The van der Waals surface area contributed by atoms with Gasteiger partial charge in [0.25, 0.3) is 0 Å². The number of esters is 1. The number of carbonyl (C=O) groups excluding carboxylic acids is 1. The first kappa shape index (κ1) is 16.2. The zero-order valence-corrected chi connectivity index (χ0v) is 12.3. The molecule has 0 aliphatic heterocycles. The van der Waals surface area contributed by atoms with E-state index in [9.17, 15) is 4.79 Å². The molecule has 0 N–H and O–H groups in total. The molecule has 0 saturated carbocycles. The lowest BCUT2D eigenvalue weighted by molar-refractivity contribution is -0.141. The molecule has 0 fully saturated rings. The van der Waals surface area contributed by atoms with Crippen molar-refractivity contribution >= 4 is 12.0 Å². The van der Waals surface area contributed by atoms with Crippen molar-refractivity contribution in [3.05, 3.63) is 54.6 Å². The lowest BCUT2D eigenvalue weighted by atomic mass is 10.1. The molecule has 1 aromatic rings. The molecule has 20 heavy (non-hydrogen) atoms. The molecule has 1 rings (SSSR count). The minimum Gasteiger partial charge on any atom is -0.455 e. The van der Waals surface area contributed by atoms with Crippen LogP contribution in [0.15, 0.2) is 49.1 Å². The maximum atomic E-state index is 11.7. The van der Waals surface area contributed by atoms with E-state index in [1.54, 1.807) is 12.2 Å². The molecule has 1 atom stereocenters. The molecule has 0 amide bonds. The Kier molecular flexibility index (Phi) is 8.13. The molecule has 0 aliphatic rings. The summed E-state index contributed by atoms with van der Waals surface area (Å²) >= 11 is 0. The van der Waals surface area contributed by atoms with Gasteiger partial charge in [-0.15, -0.1) is 0 Å². The second kappa shape index (κ2) is 10.0. The normalized spacial score (nSPS) is 12.2. The summed E-state index contributed by atoms with van der Waals surface area (Å²) in [4.78, 5) is 11.7.